The minimum Gasteiger partial charge on any atom is -0.361 e. The van der Waals surface area contributed by atoms with Crippen molar-refractivity contribution in [3.8, 4) is 0 Å². The van der Waals surface area contributed by atoms with E-state index in [1.54, 1.807) is 0 Å². The van der Waals surface area contributed by atoms with Crippen LogP contribution in [0, 0.1) is 19.8 Å². The van der Waals surface area contributed by atoms with E-state index in [9.17, 15) is 4.79 Å². The van der Waals surface area contributed by atoms with Gasteiger partial charge in [0.2, 0.25) is 5.91 Å². The van der Waals surface area contributed by atoms with Gasteiger partial charge in [0, 0.05) is 30.6 Å². The van der Waals surface area contributed by atoms with Crippen molar-refractivity contribution < 1.29 is 9.32 Å². The van der Waals surface area contributed by atoms with E-state index in [-0.39, 0.29) is 5.91 Å². The molecule has 2 saturated heterocycles. The topological polar surface area (TPSA) is 67.2 Å². The molecule has 0 aromatic carbocycles. The molecule has 1 amide bonds. The summed E-state index contributed by atoms with van der Waals surface area (Å²) in [4.78, 5) is 12.1. The van der Waals surface area contributed by atoms with Crippen molar-refractivity contribution >= 4 is 5.91 Å². The van der Waals surface area contributed by atoms with Crippen molar-refractivity contribution in [2.24, 2.45) is 5.92 Å². The smallest absolute Gasteiger partial charge is 0.220 e. The summed E-state index contributed by atoms with van der Waals surface area (Å²) < 4.78 is 5.14. The van der Waals surface area contributed by atoms with Crippen molar-refractivity contribution in [2.45, 2.75) is 64.5 Å². The van der Waals surface area contributed by atoms with Crippen LogP contribution in [0.4, 0.5) is 0 Å². The Balaban J connectivity index is 1.41. The summed E-state index contributed by atoms with van der Waals surface area (Å²) in [5.74, 6) is 1.60. The zero-order valence-electron chi connectivity index (χ0n) is 12.9. The average molecular weight is 291 g/mol. The summed E-state index contributed by atoms with van der Waals surface area (Å²) in [7, 11) is 0. The monoisotopic (exact) mass is 291 g/mol. The number of hydrogen-bond acceptors (Lipinski definition) is 4. The van der Waals surface area contributed by atoms with Crippen LogP contribution >= 0.6 is 0 Å². The second kappa shape index (κ2) is 6.18. The van der Waals surface area contributed by atoms with Crippen LogP contribution < -0.4 is 10.6 Å². The van der Waals surface area contributed by atoms with Crippen LogP contribution in [0.25, 0.3) is 0 Å². The normalized spacial score (nSPS) is 27.8. The van der Waals surface area contributed by atoms with Gasteiger partial charge in [-0.3, -0.25) is 4.79 Å². The van der Waals surface area contributed by atoms with Crippen LogP contribution in [0.15, 0.2) is 4.52 Å². The Morgan fingerprint density at radius 1 is 1.33 bits per heavy atom. The molecule has 2 aliphatic heterocycles. The third-order valence-corrected chi connectivity index (χ3v) is 4.92. The van der Waals surface area contributed by atoms with Crippen LogP contribution in [0.1, 0.15) is 49.1 Å². The maximum absolute atomic E-state index is 12.1. The Morgan fingerprint density at radius 3 is 2.67 bits per heavy atom. The molecule has 2 fully saturated rings. The number of aromatic nitrogens is 1. The standard InChI is InChI=1S/C16H25N3O2/c1-10-15(11(2)21-19-10)5-6-17-16(20)9-12-7-13-3-4-14(8-12)18-13/h12-14,18H,3-9H2,1-2H3,(H,17,20). The van der Waals surface area contributed by atoms with E-state index in [2.05, 4.69) is 15.8 Å². The molecule has 5 heteroatoms. The molecule has 0 spiro atoms. The lowest BCUT2D eigenvalue weighted by Gasteiger charge is -2.28. The number of carbonyl (C=O) groups excluding carboxylic acids is 1. The average Bonchev–Trinajstić information content (AvgIpc) is 2.94. The minimum absolute atomic E-state index is 0.188. The number of hydrogen-bond donors (Lipinski definition) is 2. The Labute approximate surface area is 125 Å². The Kier molecular flexibility index (Phi) is 4.29. The predicted octanol–water partition coefficient (Wildman–Crippen LogP) is 1.87. The fourth-order valence-electron chi connectivity index (χ4n) is 3.86. The van der Waals surface area contributed by atoms with E-state index in [0.29, 0.717) is 31.0 Å². The van der Waals surface area contributed by atoms with Crippen molar-refractivity contribution in [3.05, 3.63) is 17.0 Å². The highest BCUT2D eigenvalue weighted by Gasteiger charge is 2.34. The first-order valence-electron chi connectivity index (χ1n) is 8.06. The van der Waals surface area contributed by atoms with Gasteiger partial charge in [-0.1, -0.05) is 5.16 Å². The van der Waals surface area contributed by atoms with Crippen molar-refractivity contribution in [1.82, 2.24) is 15.8 Å². The molecule has 116 valence electrons. The molecule has 2 bridgehead atoms. The number of nitrogens with zero attached hydrogens (tertiary/aromatic N) is 1. The van der Waals surface area contributed by atoms with Gasteiger partial charge >= 0.3 is 0 Å². The van der Waals surface area contributed by atoms with Crippen LogP contribution in [-0.2, 0) is 11.2 Å². The van der Waals surface area contributed by atoms with E-state index in [1.165, 1.54) is 12.8 Å². The van der Waals surface area contributed by atoms with Gasteiger partial charge in [-0.15, -0.1) is 0 Å². The van der Waals surface area contributed by atoms with Gasteiger partial charge in [0.25, 0.3) is 0 Å². The molecular formula is C16H25N3O2. The van der Waals surface area contributed by atoms with E-state index in [0.717, 1.165) is 36.3 Å². The number of fused-ring (bicyclic) bond motifs is 2. The van der Waals surface area contributed by atoms with Gasteiger partial charge < -0.3 is 15.2 Å². The molecule has 0 saturated carbocycles. The largest absolute Gasteiger partial charge is 0.361 e. The summed E-state index contributed by atoms with van der Waals surface area (Å²) in [5.41, 5.74) is 2.05. The van der Waals surface area contributed by atoms with Crippen LogP contribution in [0.2, 0.25) is 0 Å². The van der Waals surface area contributed by atoms with Crippen molar-refractivity contribution in [1.29, 1.82) is 0 Å². The maximum Gasteiger partial charge on any atom is 0.220 e. The molecule has 3 heterocycles. The predicted molar refractivity (Wildman–Crippen MR) is 80.0 cm³/mol. The third kappa shape index (κ3) is 3.46. The van der Waals surface area contributed by atoms with Crippen LogP contribution in [0.3, 0.4) is 0 Å². The fourth-order valence-corrected chi connectivity index (χ4v) is 3.86. The summed E-state index contributed by atoms with van der Waals surface area (Å²) in [6, 6.07) is 1.31. The van der Waals surface area contributed by atoms with E-state index >= 15 is 0 Å². The number of rotatable bonds is 5. The second-order valence-electron chi connectivity index (χ2n) is 6.58. The number of amides is 1. The van der Waals surface area contributed by atoms with Gasteiger partial charge in [-0.05, 0) is 51.9 Å². The SMILES string of the molecule is Cc1noc(C)c1CCNC(=O)CC1CC2CCC(C1)N2. The number of carbonyl (C=O) groups is 1. The molecule has 21 heavy (non-hydrogen) atoms. The zero-order valence-corrected chi connectivity index (χ0v) is 12.9. The van der Waals surface area contributed by atoms with Gasteiger partial charge in [-0.25, -0.2) is 0 Å². The van der Waals surface area contributed by atoms with E-state index in [1.807, 2.05) is 13.8 Å². The van der Waals surface area contributed by atoms with Crippen LogP contribution in [-0.4, -0.2) is 29.7 Å². The lowest BCUT2D eigenvalue weighted by atomic mass is 9.89. The first-order chi connectivity index (χ1) is 10.1. The van der Waals surface area contributed by atoms with E-state index < -0.39 is 0 Å². The number of nitrogens with one attached hydrogen (secondary N) is 2. The lowest BCUT2D eigenvalue weighted by Crippen LogP contribution is -2.39. The highest BCUT2D eigenvalue weighted by Crippen LogP contribution is 2.32. The fraction of sp³-hybridized carbons (Fsp3) is 0.750. The van der Waals surface area contributed by atoms with Gasteiger partial charge in [-0.2, -0.15) is 0 Å². The van der Waals surface area contributed by atoms with Crippen molar-refractivity contribution in [3.63, 3.8) is 0 Å². The zero-order chi connectivity index (χ0) is 14.8. The van der Waals surface area contributed by atoms with Crippen molar-refractivity contribution in [2.75, 3.05) is 6.54 Å². The summed E-state index contributed by atoms with van der Waals surface area (Å²) in [6.45, 7) is 4.53. The molecule has 0 radical (unpaired) electrons. The number of aryl methyl sites for hydroxylation is 2. The molecule has 1 aromatic rings. The Hall–Kier alpha value is -1.36. The summed E-state index contributed by atoms with van der Waals surface area (Å²) in [6.07, 6.45) is 6.37. The molecule has 3 rings (SSSR count). The lowest BCUT2D eigenvalue weighted by molar-refractivity contribution is -0.122. The van der Waals surface area contributed by atoms with Gasteiger partial charge in [0.1, 0.15) is 5.76 Å². The molecule has 2 atom stereocenters. The molecule has 2 N–H and O–H groups in total. The molecule has 5 nitrogen and oxygen atoms in total. The van der Waals surface area contributed by atoms with Gasteiger partial charge in [0.05, 0.1) is 5.69 Å². The summed E-state index contributed by atoms with van der Waals surface area (Å²) >= 11 is 0. The highest BCUT2D eigenvalue weighted by molar-refractivity contribution is 5.76. The third-order valence-electron chi connectivity index (χ3n) is 4.92. The second-order valence-corrected chi connectivity index (χ2v) is 6.58. The number of piperidine rings is 1. The Morgan fingerprint density at radius 2 is 2.05 bits per heavy atom. The maximum atomic E-state index is 12.1. The summed E-state index contributed by atoms with van der Waals surface area (Å²) in [5, 5.41) is 10.6. The Bertz CT molecular complexity index is 480. The van der Waals surface area contributed by atoms with E-state index in [4.69, 9.17) is 4.52 Å². The van der Waals surface area contributed by atoms with Gasteiger partial charge in [0.15, 0.2) is 0 Å². The first kappa shape index (κ1) is 14.6. The molecule has 2 aliphatic rings. The molecule has 1 aromatic heterocycles. The molecule has 2 unspecified atom stereocenters. The molecular weight excluding hydrogens is 266 g/mol. The molecule has 0 aliphatic carbocycles. The van der Waals surface area contributed by atoms with Crippen LogP contribution in [0.5, 0.6) is 0 Å². The highest BCUT2D eigenvalue weighted by atomic mass is 16.5. The minimum atomic E-state index is 0.188. The first-order valence-corrected chi connectivity index (χ1v) is 8.06. The quantitative estimate of drug-likeness (QED) is 0.869.